The number of carbonyl (C=O) groups is 4. The van der Waals surface area contributed by atoms with E-state index in [1.807, 2.05) is 54.6 Å². The summed E-state index contributed by atoms with van der Waals surface area (Å²) in [5.74, 6) is -2.63. The van der Waals surface area contributed by atoms with Crippen molar-refractivity contribution < 1.29 is 24.3 Å². The van der Waals surface area contributed by atoms with Gasteiger partial charge in [0.2, 0.25) is 5.91 Å². The lowest BCUT2D eigenvalue weighted by atomic mass is 10.1. The zero-order valence-electron chi connectivity index (χ0n) is 20.1. The number of carboxylic acids is 1. The zero-order valence-corrected chi connectivity index (χ0v) is 21.8. The van der Waals surface area contributed by atoms with Crippen molar-refractivity contribution in [3.8, 4) is 0 Å². The molecule has 0 bridgehead atoms. The quantitative estimate of drug-likeness (QED) is 0.165. The summed E-state index contributed by atoms with van der Waals surface area (Å²) in [6, 6.07) is 23.5. The van der Waals surface area contributed by atoms with Gasteiger partial charge in [0.15, 0.2) is 0 Å². The molecule has 0 heterocycles. The molecule has 0 aliphatic heterocycles. The van der Waals surface area contributed by atoms with Crippen LogP contribution in [0.4, 0.5) is 0 Å². The second-order valence-corrected chi connectivity index (χ2v) is 11.0. The molecule has 5 N–H and O–H groups in total. The number of benzene rings is 4. The molecular weight excluding hydrogens is 522 g/mol. The summed E-state index contributed by atoms with van der Waals surface area (Å²) in [6.45, 7) is 0. The number of nitrogens with one attached hydrogen (secondary N) is 2. The molecular formula is C28H25N3O5S2. The number of primary amides is 1. The van der Waals surface area contributed by atoms with Crippen molar-refractivity contribution in [1.82, 2.24) is 10.6 Å². The van der Waals surface area contributed by atoms with Gasteiger partial charge in [-0.2, -0.15) is 0 Å². The molecule has 10 heteroatoms. The van der Waals surface area contributed by atoms with Crippen molar-refractivity contribution >= 4 is 66.8 Å². The van der Waals surface area contributed by atoms with Crippen LogP contribution >= 0.6 is 21.6 Å². The van der Waals surface area contributed by atoms with Crippen LogP contribution in [0, 0.1) is 0 Å². The monoisotopic (exact) mass is 547 g/mol. The van der Waals surface area contributed by atoms with Gasteiger partial charge in [-0.15, -0.1) is 0 Å². The number of carbonyl (C=O) groups excluding carboxylic acids is 3. The molecule has 4 aromatic carbocycles. The second kappa shape index (κ2) is 12.5. The third-order valence-electron chi connectivity index (χ3n) is 5.83. The summed E-state index contributed by atoms with van der Waals surface area (Å²) in [4.78, 5) is 49.1. The highest BCUT2D eigenvalue weighted by atomic mass is 33.1. The molecule has 0 saturated heterocycles. The summed E-state index contributed by atoms with van der Waals surface area (Å²) in [6.07, 6.45) is 0. The Balaban J connectivity index is 1.30. The van der Waals surface area contributed by atoms with E-state index in [1.54, 1.807) is 30.3 Å². The van der Waals surface area contributed by atoms with Gasteiger partial charge in [0.25, 0.3) is 11.8 Å². The molecule has 0 saturated carbocycles. The van der Waals surface area contributed by atoms with E-state index in [1.165, 1.54) is 10.8 Å². The molecule has 0 fully saturated rings. The van der Waals surface area contributed by atoms with E-state index in [-0.39, 0.29) is 11.5 Å². The van der Waals surface area contributed by atoms with Crippen molar-refractivity contribution in [2.75, 3.05) is 11.5 Å². The highest BCUT2D eigenvalue weighted by molar-refractivity contribution is 8.76. The molecule has 3 amide bonds. The number of hydrogen-bond donors (Lipinski definition) is 4. The SMILES string of the molecule is NC(=O)C(CSSC[C@H](NC(=O)c1ccc2ccccc2c1)C(=O)O)NC(=O)c1ccc2ccccc2c1. The van der Waals surface area contributed by atoms with Crippen molar-refractivity contribution in [2.45, 2.75) is 12.1 Å². The van der Waals surface area contributed by atoms with E-state index in [0.717, 1.165) is 32.3 Å². The predicted octanol–water partition coefficient (Wildman–Crippen LogP) is 3.84. The van der Waals surface area contributed by atoms with Crippen LogP contribution in [-0.4, -0.2) is 52.4 Å². The van der Waals surface area contributed by atoms with Gasteiger partial charge < -0.3 is 21.5 Å². The first-order valence-electron chi connectivity index (χ1n) is 11.7. The molecule has 4 aromatic rings. The summed E-state index contributed by atoms with van der Waals surface area (Å²) in [7, 11) is 2.35. The fourth-order valence-corrected chi connectivity index (χ4v) is 6.08. The Bertz CT molecular complexity index is 1400. The molecule has 8 nitrogen and oxygen atoms in total. The van der Waals surface area contributed by atoms with Gasteiger partial charge >= 0.3 is 5.97 Å². The molecule has 4 rings (SSSR count). The Kier molecular flexibility index (Phi) is 8.88. The van der Waals surface area contributed by atoms with Gasteiger partial charge in [0, 0.05) is 22.6 Å². The normalized spacial score (nSPS) is 12.5. The third kappa shape index (κ3) is 6.84. The van der Waals surface area contributed by atoms with Gasteiger partial charge in [-0.25, -0.2) is 4.79 Å². The number of amides is 3. The van der Waals surface area contributed by atoms with E-state index in [4.69, 9.17) is 5.73 Å². The molecule has 38 heavy (non-hydrogen) atoms. The molecule has 194 valence electrons. The lowest BCUT2D eigenvalue weighted by molar-refractivity contribution is -0.138. The van der Waals surface area contributed by atoms with E-state index >= 15 is 0 Å². The molecule has 2 atom stereocenters. The summed E-state index contributed by atoms with van der Waals surface area (Å²) < 4.78 is 0. The number of fused-ring (bicyclic) bond motifs is 2. The Labute approximate surface area is 226 Å². The lowest BCUT2D eigenvalue weighted by Crippen LogP contribution is -2.46. The van der Waals surface area contributed by atoms with Crippen LogP contribution in [0.5, 0.6) is 0 Å². The highest BCUT2D eigenvalue weighted by Crippen LogP contribution is 2.24. The van der Waals surface area contributed by atoms with E-state index in [2.05, 4.69) is 10.6 Å². The first-order valence-corrected chi connectivity index (χ1v) is 14.2. The maximum Gasteiger partial charge on any atom is 0.327 e. The minimum atomic E-state index is -1.18. The Hall–Kier alpha value is -4.02. The maximum absolute atomic E-state index is 12.7. The average molecular weight is 548 g/mol. The maximum atomic E-state index is 12.7. The van der Waals surface area contributed by atoms with Gasteiger partial charge in [0.05, 0.1) is 0 Å². The van der Waals surface area contributed by atoms with E-state index in [0.29, 0.717) is 11.1 Å². The smallest absolute Gasteiger partial charge is 0.327 e. The van der Waals surface area contributed by atoms with E-state index in [9.17, 15) is 24.3 Å². The first-order chi connectivity index (χ1) is 18.3. The van der Waals surface area contributed by atoms with E-state index < -0.39 is 35.8 Å². The fourth-order valence-electron chi connectivity index (χ4n) is 3.75. The highest BCUT2D eigenvalue weighted by Gasteiger charge is 2.23. The van der Waals surface area contributed by atoms with Gasteiger partial charge in [-0.05, 0) is 45.8 Å². The van der Waals surface area contributed by atoms with Crippen LogP contribution in [0.15, 0.2) is 84.9 Å². The second-order valence-electron chi connectivity index (χ2n) is 8.49. The summed E-state index contributed by atoms with van der Waals surface area (Å²) >= 11 is 0. The number of hydrogen-bond acceptors (Lipinski definition) is 6. The van der Waals surface area contributed by atoms with Crippen LogP contribution in [0.25, 0.3) is 21.5 Å². The largest absolute Gasteiger partial charge is 0.480 e. The molecule has 0 aromatic heterocycles. The number of nitrogens with two attached hydrogens (primary N) is 1. The number of aliphatic carboxylic acids is 1. The minimum Gasteiger partial charge on any atom is -0.480 e. The topological polar surface area (TPSA) is 139 Å². The van der Waals surface area contributed by atoms with Crippen LogP contribution in [0.3, 0.4) is 0 Å². The molecule has 0 spiro atoms. The van der Waals surface area contributed by atoms with Gasteiger partial charge in [-0.1, -0.05) is 82.3 Å². The summed E-state index contributed by atoms with van der Waals surface area (Å²) in [5.41, 5.74) is 6.24. The van der Waals surface area contributed by atoms with Crippen LogP contribution in [0.1, 0.15) is 20.7 Å². The van der Waals surface area contributed by atoms with Crippen molar-refractivity contribution in [1.29, 1.82) is 0 Å². The van der Waals surface area contributed by atoms with Gasteiger partial charge in [-0.3, -0.25) is 14.4 Å². The lowest BCUT2D eigenvalue weighted by Gasteiger charge is -2.17. The molecule has 0 aliphatic rings. The van der Waals surface area contributed by atoms with Crippen molar-refractivity contribution in [3.63, 3.8) is 0 Å². The molecule has 0 aliphatic carbocycles. The Morgan fingerprint density at radius 2 is 1.08 bits per heavy atom. The van der Waals surface area contributed by atoms with Crippen molar-refractivity contribution in [3.05, 3.63) is 96.1 Å². The average Bonchev–Trinajstić information content (AvgIpc) is 2.92. The number of carboxylic acid groups (broad SMARTS) is 1. The van der Waals surface area contributed by atoms with Crippen LogP contribution < -0.4 is 16.4 Å². The molecule has 0 radical (unpaired) electrons. The summed E-state index contributed by atoms with van der Waals surface area (Å²) in [5, 5.41) is 18.5. The zero-order chi connectivity index (χ0) is 27.1. The fraction of sp³-hybridized carbons (Fsp3) is 0.143. The standard InChI is InChI=1S/C28H25N3O5S2/c29-25(32)23(30-26(33)21-11-9-17-5-1-3-7-19(17)13-21)15-37-38-16-24(28(35)36)31-27(34)22-12-10-18-6-2-4-8-20(18)14-22/h1-14,23-24H,15-16H2,(H2,29,32)(H,30,33)(H,31,34)(H,35,36)/t23?,24-/m0/s1. The number of rotatable bonds is 11. The minimum absolute atomic E-state index is 0.0451. The Morgan fingerprint density at radius 1 is 0.658 bits per heavy atom. The van der Waals surface area contributed by atoms with Crippen molar-refractivity contribution in [2.24, 2.45) is 5.73 Å². The van der Waals surface area contributed by atoms with Crippen LogP contribution in [-0.2, 0) is 9.59 Å². The first kappa shape index (κ1) is 27.0. The Morgan fingerprint density at radius 3 is 1.53 bits per heavy atom. The third-order valence-corrected chi connectivity index (χ3v) is 8.25. The molecule has 1 unspecified atom stereocenters. The van der Waals surface area contributed by atoms with Crippen LogP contribution in [0.2, 0.25) is 0 Å². The predicted molar refractivity (Wildman–Crippen MR) is 152 cm³/mol. The van der Waals surface area contributed by atoms with Gasteiger partial charge in [0.1, 0.15) is 12.1 Å².